The summed E-state index contributed by atoms with van der Waals surface area (Å²) in [7, 11) is 0. The first-order chi connectivity index (χ1) is 24.8. The average Bonchev–Trinajstić information content (AvgIpc) is 3.04. The van der Waals surface area contributed by atoms with Crippen molar-refractivity contribution in [2.45, 2.75) is 172 Å². The summed E-state index contributed by atoms with van der Waals surface area (Å²) in [6.07, 6.45) is -41.2. The van der Waals surface area contributed by atoms with Gasteiger partial charge in [-0.1, -0.05) is 26.2 Å². The molecule has 0 saturated heterocycles. The summed E-state index contributed by atoms with van der Waals surface area (Å²) in [6.45, 7) is 4.89. The highest BCUT2D eigenvalue weighted by Crippen LogP contribution is 2.56. The Hall–Kier alpha value is -2.23. The van der Waals surface area contributed by atoms with E-state index < -0.39 is 139 Å². The van der Waals surface area contributed by atoms with Crippen LogP contribution in [0.3, 0.4) is 0 Å². The number of rotatable bonds is 13. The monoisotopic (exact) mass is 852 g/mol. The number of aliphatic hydroxyl groups is 3. The first-order valence-electron chi connectivity index (χ1n) is 17.7. The quantitative estimate of drug-likeness (QED) is 0.125. The average molecular weight is 853 g/mol. The van der Waals surface area contributed by atoms with Crippen LogP contribution in [-0.2, 0) is 19.1 Å². The number of alkyl halides is 15. The Morgan fingerprint density at radius 1 is 0.625 bits per heavy atom. The molecule has 0 aliphatic heterocycles. The van der Waals surface area contributed by atoms with Crippen LogP contribution in [0.25, 0.3) is 0 Å². The van der Waals surface area contributed by atoms with Gasteiger partial charge in [0.25, 0.3) is 11.2 Å². The number of esters is 2. The first-order valence-corrected chi connectivity index (χ1v) is 17.7. The fourth-order valence-corrected chi connectivity index (χ4v) is 7.22. The molecular formula is C34H47F15O7. The lowest BCUT2D eigenvalue weighted by Gasteiger charge is -2.47. The van der Waals surface area contributed by atoms with Crippen LogP contribution in [0, 0.1) is 28.6 Å². The highest BCUT2D eigenvalue weighted by Gasteiger charge is 2.75. The zero-order valence-electron chi connectivity index (χ0n) is 31.0. The second-order valence-corrected chi connectivity index (χ2v) is 16.2. The SMILES string of the molecule is CCC(C)(CCC(C)(C)C(=O)OC1CC(C(C)(O)C(F)(F)F)CC(C(O)(C(F)(F)F)C(F)(F)F)C1)C(=O)OC(CC(O)(C(F)(F)F)C(F)(F)F)C1CCCCC1. The van der Waals surface area contributed by atoms with E-state index >= 15 is 0 Å². The Bertz CT molecular complexity index is 1320. The molecule has 6 unspecified atom stereocenters. The summed E-state index contributed by atoms with van der Waals surface area (Å²) in [5, 5.41) is 30.2. The maximum absolute atomic E-state index is 13.8. The lowest BCUT2D eigenvalue weighted by atomic mass is 9.66. The van der Waals surface area contributed by atoms with E-state index in [1.165, 1.54) is 13.8 Å². The minimum absolute atomic E-state index is 0.0656. The molecule has 0 aromatic heterocycles. The van der Waals surface area contributed by atoms with E-state index in [0.717, 1.165) is 13.8 Å². The molecule has 0 spiro atoms. The molecule has 22 heteroatoms. The molecule has 2 aliphatic carbocycles. The van der Waals surface area contributed by atoms with Gasteiger partial charge in [0, 0.05) is 18.3 Å². The number of carbonyl (C=O) groups excluding carboxylic acids is 2. The van der Waals surface area contributed by atoms with Gasteiger partial charge in [-0.05, 0) is 85.0 Å². The normalized spacial score (nSPS) is 24.5. The topological polar surface area (TPSA) is 113 Å². The third-order valence-electron chi connectivity index (χ3n) is 11.8. The smallest absolute Gasteiger partial charge is 0.426 e. The summed E-state index contributed by atoms with van der Waals surface area (Å²) in [6, 6.07) is 0. The Labute approximate surface area is 312 Å². The van der Waals surface area contributed by atoms with Gasteiger partial charge in [0.1, 0.15) is 12.2 Å². The maximum atomic E-state index is 13.8. The van der Waals surface area contributed by atoms with E-state index in [1.54, 1.807) is 0 Å². The van der Waals surface area contributed by atoms with Crippen LogP contribution in [0.4, 0.5) is 65.9 Å². The molecule has 2 saturated carbocycles. The van der Waals surface area contributed by atoms with Crippen molar-refractivity contribution in [1.82, 2.24) is 0 Å². The van der Waals surface area contributed by atoms with Gasteiger partial charge in [-0.2, -0.15) is 65.9 Å². The van der Waals surface area contributed by atoms with Crippen LogP contribution in [0.15, 0.2) is 0 Å². The number of carbonyl (C=O) groups is 2. The van der Waals surface area contributed by atoms with E-state index in [0.29, 0.717) is 19.3 Å². The molecule has 0 radical (unpaired) electrons. The Kier molecular flexibility index (Phi) is 14.6. The summed E-state index contributed by atoms with van der Waals surface area (Å²) in [5.41, 5.74) is -18.4. The van der Waals surface area contributed by atoms with E-state index in [2.05, 4.69) is 0 Å². The van der Waals surface area contributed by atoms with Crippen LogP contribution in [0.1, 0.15) is 112 Å². The van der Waals surface area contributed by atoms with E-state index in [-0.39, 0.29) is 26.2 Å². The number of halogens is 15. The predicted octanol–water partition coefficient (Wildman–Crippen LogP) is 9.44. The van der Waals surface area contributed by atoms with Crippen molar-refractivity contribution in [2.24, 2.45) is 28.6 Å². The molecule has 0 amide bonds. The Balaban J connectivity index is 2.38. The maximum Gasteiger partial charge on any atom is 0.426 e. The fourth-order valence-electron chi connectivity index (χ4n) is 7.22. The molecule has 6 atom stereocenters. The summed E-state index contributed by atoms with van der Waals surface area (Å²) < 4.78 is 216. The zero-order valence-corrected chi connectivity index (χ0v) is 31.0. The van der Waals surface area contributed by atoms with Crippen LogP contribution in [0.2, 0.25) is 0 Å². The van der Waals surface area contributed by atoms with Gasteiger partial charge in [-0.25, -0.2) is 0 Å². The predicted molar refractivity (Wildman–Crippen MR) is 164 cm³/mol. The third-order valence-corrected chi connectivity index (χ3v) is 11.8. The van der Waals surface area contributed by atoms with E-state index in [4.69, 9.17) is 9.47 Å². The number of hydrogen-bond donors (Lipinski definition) is 3. The van der Waals surface area contributed by atoms with Crippen molar-refractivity contribution >= 4 is 11.9 Å². The summed E-state index contributed by atoms with van der Waals surface area (Å²) in [5.74, 6) is -9.29. The Morgan fingerprint density at radius 2 is 1.09 bits per heavy atom. The van der Waals surface area contributed by atoms with Gasteiger partial charge < -0.3 is 24.8 Å². The van der Waals surface area contributed by atoms with Crippen molar-refractivity contribution in [2.75, 3.05) is 0 Å². The standard InChI is InChI=1S/C34H47F15O7/c1-6-26(4,24(51)56-22(18-10-8-7-9-11-18)17-28(53,31(38,39)40)32(41,42)43)13-12-25(2,3)23(50)55-21-15-19(27(5,52)30(35,36)37)14-20(16-21)29(54,33(44,45)46)34(47,48)49/h18-22,52-54H,6-17H2,1-5H3. The fraction of sp³-hybridized carbons (Fsp3) is 0.941. The molecule has 0 heterocycles. The van der Waals surface area contributed by atoms with Gasteiger partial charge in [0.2, 0.25) is 0 Å². The van der Waals surface area contributed by atoms with Gasteiger partial charge in [0.15, 0.2) is 5.60 Å². The van der Waals surface area contributed by atoms with Gasteiger partial charge >= 0.3 is 42.8 Å². The van der Waals surface area contributed by atoms with Crippen molar-refractivity contribution in [3.05, 3.63) is 0 Å². The highest BCUT2D eigenvalue weighted by molar-refractivity contribution is 5.78. The highest BCUT2D eigenvalue weighted by atomic mass is 19.4. The van der Waals surface area contributed by atoms with E-state index in [9.17, 15) is 90.8 Å². The molecular weight excluding hydrogens is 805 g/mol. The minimum Gasteiger partial charge on any atom is -0.462 e. The molecule has 7 nitrogen and oxygen atoms in total. The van der Waals surface area contributed by atoms with Crippen LogP contribution < -0.4 is 0 Å². The summed E-state index contributed by atoms with van der Waals surface area (Å²) in [4.78, 5) is 26.9. The van der Waals surface area contributed by atoms with E-state index in [1.807, 2.05) is 0 Å². The molecule has 2 fully saturated rings. The van der Waals surface area contributed by atoms with Crippen molar-refractivity contribution < 1.29 is 100 Å². The van der Waals surface area contributed by atoms with Crippen LogP contribution in [-0.4, -0.2) is 87.2 Å². The lowest BCUT2D eigenvalue weighted by molar-refractivity contribution is -0.391. The number of hydrogen-bond acceptors (Lipinski definition) is 7. The van der Waals surface area contributed by atoms with Gasteiger partial charge in [0.05, 0.1) is 10.8 Å². The van der Waals surface area contributed by atoms with Gasteiger partial charge in [-0.15, -0.1) is 0 Å². The molecule has 330 valence electrons. The molecule has 0 aromatic rings. The molecule has 0 aromatic carbocycles. The van der Waals surface area contributed by atoms with Crippen molar-refractivity contribution in [3.8, 4) is 0 Å². The van der Waals surface area contributed by atoms with Crippen LogP contribution in [0.5, 0.6) is 0 Å². The molecule has 0 bridgehead atoms. The first kappa shape index (κ1) is 49.9. The Morgan fingerprint density at radius 3 is 1.50 bits per heavy atom. The lowest BCUT2D eigenvalue weighted by Crippen LogP contribution is -2.64. The molecule has 2 aliphatic rings. The molecule has 2 rings (SSSR count). The second-order valence-electron chi connectivity index (χ2n) is 16.2. The van der Waals surface area contributed by atoms with Gasteiger partial charge in [-0.3, -0.25) is 9.59 Å². The second kappa shape index (κ2) is 16.4. The minimum atomic E-state index is -6.48. The summed E-state index contributed by atoms with van der Waals surface area (Å²) >= 11 is 0. The van der Waals surface area contributed by atoms with Crippen molar-refractivity contribution in [3.63, 3.8) is 0 Å². The largest absolute Gasteiger partial charge is 0.462 e. The number of ether oxygens (including phenoxy) is 2. The third kappa shape index (κ3) is 10.3. The molecule has 56 heavy (non-hydrogen) atoms. The van der Waals surface area contributed by atoms with Crippen molar-refractivity contribution in [1.29, 1.82) is 0 Å². The molecule has 3 N–H and O–H groups in total. The van der Waals surface area contributed by atoms with Crippen LogP contribution >= 0.6 is 0 Å². The zero-order chi connectivity index (χ0) is 43.9.